The van der Waals surface area contributed by atoms with Gasteiger partial charge in [-0.25, -0.2) is 9.97 Å². The van der Waals surface area contributed by atoms with Crippen molar-refractivity contribution >= 4 is 75.1 Å². The Morgan fingerprint density at radius 1 is 0.442 bits per heavy atom. The number of aromatic nitrogens is 2. The first-order valence-electron chi connectivity index (χ1n) is 17.5. The second kappa shape index (κ2) is 11.5. The normalized spacial score (nSPS) is 11.8. The van der Waals surface area contributed by atoms with E-state index in [1.165, 1.54) is 32.2 Å². The van der Waals surface area contributed by atoms with Gasteiger partial charge in [-0.2, -0.15) is 0 Å². The smallest absolute Gasteiger partial charge is 0.160 e. The lowest BCUT2D eigenvalue weighted by atomic mass is 9.95. The van der Waals surface area contributed by atoms with E-state index in [1.54, 1.807) is 11.3 Å². The lowest BCUT2D eigenvalue weighted by Gasteiger charge is -2.09. The molecule has 0 saturated heterocycles. The molecule has 52 heavy (non-hydrogen) atoms. The summed E-state index contributed by atoms with van der Waals surface area (Å²) in [6, 6.07) is 60.2. The largest absolute Gasteiger partial charge is 0.455 e. The zero-order valence-electron chi connectivity index (χ0n) is 27.9. The Morgan fingerprint density at radius 2 is 1.13 bits per heavy atom. The van der Waals surface area contributed by atoms with Crippen LogP contribution in [0.15, 0.2) is 174 Å². The number of thiophene rings is 1. The van der Waals surface area contributed by atoms with Gasteiger partial charge in [-0.15, -0.1) is 11.3 Å². The first kappa shape index (κ1) is 29.1. The number of nitrogens with zero attached hydrogens (tertiary/aromatic N) is 2. The third-order valence-corrected chi connectivity index (χ3v) is 11.4. The molecule has 11 rings (SSSR count). The number of fused-ring (bicyclic) bond motifs is 9. The van der Waals surface area contributed by atoms with Crippen LogP contribution in [0.1, 0.15) is 0 Å². The quantitative estimate of drug-likeness (QED) is 0.186. The maximum absolute atomic E-state index is 6.78. The van der Waals surface area contributed by atoms with Crippen molar-refractivity contribution in [2.24, 2.45) is 0 Å². The molecule has 0 atom stereocenters. The molecule has 3 aromatic heterocycles. The average molecular weight is 681 g/mol. The zero-order valence-corrected chi connectivity index (χ0v) is 28.7. The molecule has 8 aromatic carbocycles. The summed E-state index contributed by atoms with van der Waals surface area (Å²) < 4.78 is 9.07. The highest BCUT2D eigenvalue weighted by Crippen LogP contribution is 2.43. The molecule has 0 aliphatic heterocycles. The molecule has 11 aromatic rings. The molecule has 0 spiro atoms. The Morgan fingerprint density at radius 3 is 2.00 bits per heavy atom. The maximum Gasteiger partial charge on any atom is 0.160 e. The predicted octanol–water partition coefficient (Wildman–Crippen LogP) is 13.7. The molecule has 4 heteroatoms. The molecule has 0 aliphatic carbocycles. The molecule has 0 radical (unpaired) electrons. The summed E-state index contributed by atoms with van der Waals surface area (Å²) in [6.07, 6.45) is 0. The number of benzene rings is 8. The van der Waals surface area contributed by atoms with Crippen LogP contribution in [0.5, 0.6) is 0 Å². The van der Waals surface area contributed by atoms with Crippen molar-refractivity contribution in [3.05, 3.63) is 170 Å². The van der Waals surface area contributed by atoms with Crippen molar-refractivity contribution in [1.29, 1.82) is 0 Å². The molecule has 0 amide bonds. The van der Waals surface area contributed by atoms with Crippen LogP contribution in [0.2, 0.25) is 0 Å². The second-order valence-corrected chi connectivity index (χ2v) is 14.4. The number of hydrogen-bond donors (Lipinski definition) is 0. The van der Waals surface area contributed by atoms with Crippen molar-refractivity contribution < 1.29 is 4.42 Å². The molecule has 0 N–H and O–H groups in total. The fraction of sp³-hybridized carbons (Fsp3) is 0. The summed E-state index contributed by atoms with van der Waals surface area (Å²) in [5, 5.41) is 8.09. The molecule has 0 fully saturated rings. The molecule has 242 valence electrons. The van der Waals surface area contributed by atoms with E-state index in [9.17, 15) is 0 Å². The fourth-order valence-corrected chi connectivity index (χ4v) is 8.85. The van der Waals surface area contributed by atoms with Crippen LogP contribution < -0.4 is 0 Å². The van der Waals surface area contributed by atoms with Crippen molar-refractivity contribution in [2.45, 2.75) is 0 Å². The third-order valence-electron chi connectivity index (χ3n) is 10.3. The highest BCUT2D eigenvalue weighted by Gasteiger charge is 2.20. The van der Waals surface area contributed by atoms with Crippen LogP contribution in [-0.2, 0) is 0 Å². The van der Waals surface area contributed by atoms with Gasteiger partial charge in [0.15, 0.2) is 5.82 Å². The lowest BCUT2D eigenvalue weighted by molar-refractivity contribution is 0.673. The van der Waals surface area contributed by atoms with Crippen molar-refractivity contribution in [3.63, 3.8) is 0 Å². The van der Waals surface area contributed by atoms with Crippen LogP contribution in [0.25, 0.3) is 109 Å². The van der Waals surface area contributed by atoms with Crippen molar-refractivity contribution in [3.8, 4) is 44.9 Å². The van der Waals surface area contributed by atoms with Crippen molar-refractivity contribution in [2.75, 3.05) is 0 Å². The van der Waals surface area contributed by atoms with E-state index in [2.05, 4.69) is 170 Å². The molecule has 0 aliphatic rings. The molecule has 0 bridgehead atoms. The van der Waals surface area contributed by atoms with Crippen LogP contribution in [0.3, 0.4) is 0 Å². The standard InChI is InChI=1S/C48H28N2OS/c1-2-11-31(12-3-1)40-27-35-14-6-7-15-37(35)46-43(40)38-25-24-36(28-41(38)51-46)48-49-44(47-45(50-48)39-16-8-9-17-42(39)52-47)32-21-18-30(19-22-32)34-23-20-29-10-4-5-13-33(29)26-34/h1-28H. The summed E-state index contributed by atoms with van der Waals surface area (Å²) in [4.78, 5) is 10.6. The first-order valence-corrected chi connectivity index (χ1v) is 18.3. The maximum atomic E-state index is 6.78. The summed E-state index contributed by atoms with van der Waals surface area (Å²) in [7, 11) is 0. The van der Waals surface area contributed by atoms with Gasteiger partial charge in [0, 0.05) is 37.4 Å². The topological polar surface area (TPSA) is 38.9 Å². The fourth-order valence-electron chi connectivity index (χ4n) is 7.70. The highest BCUT2D eigenvalue weighted by atomic mass is 32.1. The van der Waals surface area contributed by atoms with Crippen LogP contribution in [-0.4, -0.2) is 9.97 Å². The van der Waals surface area contributed by atoms with Gasteiger partial charge in [0.05, 0.1) is 15.9 Å². The molecular weight excluding hydrogens is 653 g/mol. The minimum atomic E-state index is 0.681. The van der Waals surface area contributed by atoms with Gasteiger partial charge in [-0.05, 0) is 68.7 Å². The Kier molecular flexibility index (Phi) is 6.42. The highest BCUT2D eigenvalue weighted by molar-refractivity contribution is 7.26. The van der Waals surface area contributed by atoms with E-state index in [0.717, 1.165) is 70.7 Å². The number of rotatable bonds is 4. The van der Waals surface area contributed by atoms with E-state index in [0.29, 0.717) is 5.82 Å². The SMILES string of the molecule is c1ccc(-c2cc3ccccc3c3oc4cc(-c5nc(-c6ccc(-c7ccc8ccccc8c7)cc6)c6sc7ccccc7c6n5)ccc4c23)cc1. The first-order chi connectivity index (χ1) is 25.7. The average Bonchev–Trinajstić information content (AvgIpc) is 3.79. The Hall–Kier alpha value is -6.62. The monoisotopic (exact) mass is 680 g/mol. The summed E-state index contributed by atoms with van der Waals surface area (Å²) in [6.45, 7) is 0. The minimum Gasteiger partial charge on any atom is -0.455 e. The van der Waals surface area contributed by atoms with Gasteiger partial charge >= 0.3 is 0 Å². The predicted molar refractivity (Wildman–Crippen MR) is 219 cm³/mol. The number of hydrogen-bond acceptors (Lipinski definition) is 4. The van der Waals surface area contributed by atoms with E-state index in [4.69, 9.17) is 14.4 Å². The Labute approximate surface area is 303 Å². The van der Waals surface area contributed by atoms with Gasteiger partial charge in [0.25, 0.3) is 0 Å². The molecular formula is C48H28N2OS. The molecule has 3 heterocycles. The van der Waals surface area contributed by atoms with Crippen LogP contribution >= 0.6 is 11.3 Å². The third kappa shape index (κ3) is 4.58. The van der Waals surface area contributed by atoms with Crippen molar-refractivity contribution in [1.82, 2.24) is 9.97 Å². The second-order valence-electron chi connectivity index (χ2n) is 13.3. The van der Waals surface area contributed by atoms with E-state index in [-0.39, 0.29) is 0 Å². The van der Waals surface area contributed by atoms with Crippen LogP contribution in [0, 0.1) is 0 Å². The van der Waals surface area contributed by atoms with Gasteiger partial charge in [-0.3, -0.25) is 0 Å². The van der Waals surface area contributed by atoms with Gasteiger partial charge in [-0.1, -0.05) is 140 Å². The van der Waals surface area contributed by atoms with Gasteiger partial charge in [0.1, 0.15) is 11.2 Å². The minimum absolute atomic E-state index is 0.681. The lowest BCUT2D eigenvalue weighted by Crippen LogP contribution is -1.93. The van der Waals surface area contributed by atoms with Crippen LogP contribution in [0.4, 0.5) is 0 Å². The van der Waals surface area contributed by atoms with E-state index in [1.807, 2.05) is 0 Å². The van der Waals surface area contributed by atoms with E-state index < -0.39 is 0 Å². The van der Waals surface area contributed by atoms with E-state index >= 15 is 0 Å². The van der Waals surface area contributed by atoms with Gasteiger partial charge in [0.2, 0.25) is 0 Å². The summed E-state index contributed by atoms with van der Waals surface area (Å²) in [5.74, 6) is 0.681. The Balaban J connectivity index is 1.09. The summed E-state index contributed by atoms with van der Waals surface area (Å²) in [5.41, 5.74) is 10.3. The molecule has 0 unspecified atom stereocenters. The zero-order chi connectivity index (χ0) is 34.2. The molecule has 0 saturated carbocycles. The Bertz CT molecular complexity index is 3180. The van der Waals surface area contributed by atoms with Gasteiger partial charge < -0.3 is 4.42 Å². The summed E-state index contributed by atoms with van der Waals surface area (Å²) >= 11 is 1.75. The number of furan rings is 1. The molecule has 3 nitrogen and oxygen atoms in total.